The maximum atomic E-state index is 13.8. The van der Waals surface area contributed by atoms with Crippen LogP contribution in [0.25, 0.3) is 28.1 Å². The molecule has 4 aromatic carbocycles. The summed E-state index contributed by atoms with van der Waals surface area (Å²) in [5, 5.41) is 25.8. The number of halogens is 2. The lowest BCUT2D eigenvalue weighted by molar-refractivity contribution is -0.163. The first-order chi connectivity index (χ1) is 27.2. The highest BCUT2D eigenvalue weighted by atomic mass is 35.5. The van der Waals surface area contributed by atoms with E-state index < -0.39 is 29.7 Å². The molecule has 1 aromatic heterocycles. The summed E-state index contributed by atoms with van der Waals surface area (Å²) in [6, 6.07) is 28.0. The lowest BCUT2D eigenvalue weighted by Gasteiger charge is -2.24. The second-order valence-corrected chi connectivity index (χ2v) is 14.8. The Morgan fingerprint density at radius 1 is 0.895 bits per heavy atom. The molecular formula is C45H48ClFN2O8. The second-order valence-electron chi connectivity index (χ2n) is 14.4. The van der Waals surface area contributed by atoms with Crippen LogP contribution >= 0.6 is 11.6 Å². The van der Waals surface area contributed by atoms with Crippen molar-refractivity contribution >= 4 is 46.4 Å². The van der Waals surface area contributed by atoms with Gasteiger partial charge in [-0.25, -0.2) is 9.18 Å². The molecule has 12 heteroatoms. The molecule has 0 aliphatic rings. The Bertz CT molecular complexity index is 2160. The number of benzene rings is 4. The molecule has 2 unspecified atom stereocenters. The Balaban J connectivity index is 1.04. The van der Waals surface area contributed by atoms with Gasteiger partial charge in [-0.2, -0.15) is 0 Å². The van der Waals surface area contributed by atoms with Gasteiger partial charge < -0.3 is 34.3 Å². The lowest BCUT2D eigenvalue weighted by atomic mass is 10.0. The van der Waals surface area contributed by atoms with Crippen molar-refractivity contribution in [1.29, 1.82) is 0 Å². The fraction of sp³-hybridized carbons (Fsp3) is 0.311. The van der Waals surface area contributed by atoms with Gasteiger partial charge in [0.1, 0.15) is 24.8 Å². The third kappa shape index (κ3) is 11.8. The largest absolute Gasteiger partial charge is 0.476 e. The zero-order valence-corrected chi connectivity index (χ0v) is 33.2. The lowest BCUT2D eigenvalue weighted by Crippen LogP contribution is -2.40. The molecule has 2 atom stereocenters. The molecule has 0 fully saturated rings. The first-order valence-corrected chi connectivity index (χ1v) is 19.2. The van der Waals surface area contributed by atoms with Crippen molar-refractivity contribution in [2.45, 2.75) is 70.8 Å². The van der Waals surface area contributed by atoms with Crippen LogP contribution in [0, 0.1) is 5.82 Å². The van der Waals surface area contributed by atoms with Crippen LogP contribution in [-0.4, -0.2) is 70.2 Å². The zero-order chi connectivity index (χ0) is 41.1. The predicted molar refractivity (Wildman–Crippen MR) is 219 cm³/mol. The number of aliphatic hydroxyl groups excluding tert-OH is 2. The van der Waals surface area contributed by atoms with Gasteiger partial charge in [-0.15, -0.1) is 0 Å². The molecule has 3 N–H and O–H groups in total. The summed E-state index contributed by atoms with van der Waals surface area (Å²) >= 11 is 5.88. The van der Waals surface area contributed by atoms with Crippen molar-refractivity contribution in [1.82, 2.24) is 9.88 Å². The summed E-state index contributed by atoms with van der Waals surface area (Å²) in [7, 11) is 0. The fourth-order valence-corrected chi connectivity index (χ4v) is 6.49. The van der Waals surface area contributed by atoms with E-state index in [9.17, 15) is 29.0 Å². The summed E-state index contributed by atoms with van der Waals surface area (Å²) in [4.78, 5) is 37.5. The molecule has 300 valence electrons. The number of amides is 1. The quantitative estimate of drug-likeness (QED) is 0.0598. The van der Waals surface area contributed by atoms with Crippen molar-refractivity contribution in [2.75, 3.05) is 19.8 Å². The summed E-state index contributed by atoms with van der Waals surface area (Å²) in [5.41, 5.74) is 3.65. The number of carbonyl (C=O) groups is 3. The van der Waals surface area contributed by atoms with Crippen molar-refractivity contribution in [3.05, 3.63) is 131 Å². The number of fused-ring (bicyclic) bond motifs is 1. The van der Waals surface area contributed by atoms with Crippen molar-refractivity contribution in [2.24, 2.45) is 0 Å². The Labute approximate surface area is 336 Å². The molecule has 0 aliphatic heterocycles. The van der Waals surface area contributed by atoms with Gasteiger partial charge >= 0.3 is 11.9 Å². The first kappa shape index (κ1) is 42.6. The van der Waals surface area contributed by atoms with Crippen LogP contribution in [0.5, 0.6) is 5.75 Å². The van der Waals surface area contributed by atoms with Gasteiger partial charge in [0.2, 0.25) is 0 Å². The van der Waals surface area contributed by atoms with E-state index in [-0.39, 0.29) is 43.8 Å². The molecule has 5 aromatic rings. The van der Waals surface area contributed by atoms with E-state index in [2.05, 4.69) is 23.7 Å². The van der Waals surface area contributed by atoms with Gasteiger partial charge in [-0.05, 0) is 106 Å². The normalized spacial score (nSPS) is 12.8. The zero-order valence-electron chi connectivity index (χ0n) is 32.4. The number of para-hydroxylation sites is 1. The third-order valence-corrected chi connectivity index (χ3v) is 9.42. The highest BCUT2D eigenvalue weighted by Crippen LogP contribution is 2.38. The standard InChI is InChI=1S/C45H48ClFN2O8/c1-29(2)49-39-8-6-5-7-38(39)42(31-13-17-34(47)18-14-31)40(49)22-19-35(50)27-36(51)28-41(52)55-25-26-56-44(54)45(3,4)57-37-20-9-30(10-21-37)23-24-48-43(53)32-11-15-33(46)16-12-32/h5-22,29,35-36,50-51H,23-28H2,1-4H3,(H,48,53)/b22-19+. The molecule has 0 spiro atoms. The molecule has 5 rings (SSSR count). The minimum absolute atomic E-state index is 0.0677. The number of hydrogen-bond acceptors (Lipinski definition) is 8. The molecule has 57 heavy (non-hydrogen) atoms. The second kappa shape index (κ2) is 19.6. The average molecular weight is 799 g/mol. The summed E-state index contributed by atoms with van der Waals surface area (Å²) in [6.45, 7) is 7.20. The number of carbonyl (C=O) groups excluding carboxylic acids is 3. The first-order valence-electron chi connectivity index (χ1n) is 18.8. The molecule has 1 heterocycles. The van der Waals surface area contributed by atoms with Crippen LogP contribution in [0.3, 0.4) is 0 Å². The van der Waals surface area contributed by atoms with Crippen LogP contribution in [0.4, 0.5) is 4.39 Å². The van der Waals surface area contributed by atoms with Crippen LogP contribution in [-0.2, 0) is 25.5 Å². The van der Waals surface area contributed by atoms with Gasteiger partial charge in [0.15, 0.2) is 5.60 Å². The van der Waals surface area contributed by atoms with Crippen LogP contribution in [0.1, 0.15) is 68.2 Å². The average Bonchev–Trinajstić information content (AvgIpc) is 3.51. The summed E-state index contributed by atoms with van der Waals surface area (Å²) in [5.74, 6) is -1.47. The van der Waals surface area contributed by atoms with E-state index in [1.807, 2.05) is 36.4 Å². The Morgan fingerprint density at radius 3 is 2.25 bits per heavy atom. The molecule has 0 saturated carbocycles. The van der Waals surface area contributed by atoms with Gasteiger partial charge in [-0.3, -0.25) is 9.59 Å². The highest BCUT2D eigenvalue weighted by molar-refractivity contribution is 6.30. The number of nitrogens with zero attached hydrogens (tertiary/aromatic N) is 1. The van der Waals surface area contributed by atoms with E-state index in [1.165, 1.54) is 12.1 Å². The Kier molecular flexibility index (Phi) is 14.7. The van der Waals surface area contributed by atoms with Crippen molar-refractivity contribution in [3.8, 4) is 16.9 Å². The van der Waals surface area contributed by atoms with Crippen LogP contribution < -0.4 is 10.1 Å². The molecule has 0 radical (unpaired) electrons. The van der Waals surface area contributed by atoms with E-state index >= 15 is 0 Å². The molecule has 10 nitrogen and oxygen atoms in total. The number of esters is 2. The summed E-state index contributed by atoms with van der Waals surface area (Å²) < 4.78 is 32.3. The van der Waals surface area contributed by atoms with Crippen LogP contribution in [0.2, 0.25) is 5.02 Å². The maximum Gasteiger partial charge on any atom is 0.350 e. The number of rotatable bonds is 18. The maximum absolute atomic E-state index is 13.8. The molecular weight excluding hydrogens is 751 g/mol. The molecule has 0 aliphatic carbocycles. The predicted octanol–water partition coefficient (Wildman–Crippen LogP) is 8.11. The van der Waals surface area contributed by atoms with E-state index in [4.69, 9.17) is 25.8 Å². The van der Waals surface area contributed by atoms with Gasteiger partial charge in [0, 0.05) is 51.8 Å². The number of aliphatic hydroxyl groups is 2. The topological polar surface area (TPSA) is 136 Å². The van der Waals surface area contributed by atoms with Crippen molar-refractivity contribution in [3.63, 3.8) is 0 Å². The minimum Gasteiger partial charge on any atom is -0.476 e. The van der Waals surface area contributed by atoms with E-state index in [0.717, 1.165) is 33.3 Å². The summed E-state index contributed by atoms with van der Waals surface area (Å²) in [6.07, 6.45) is 1.17. The van der Waals surface area contributed by atoms with E-state index in [1.54, 1.807) is 74.5 Å². The number of ether oxygens (including phenoxy) is 3. The molecule has 0 saturated heterocycles. The highest BCUT2D eigenvalue weighted by Gasteiger charge is 2.32. The van der Waals surface area contributed by atoms with Crippen molar-refractivity contribution < 1.29 is 43.2 Å². The SMILES string of the molecule is CC(C)n1c(/C=C/C(O)CC(O)CC(=O)OCCOC(=O)C(C)(C)Oc2ccc(CCNC(=O)c3ccc(Cl)cc3)cc2)c(-c2ccc(F)cc2)c2ccccc21. The van der Waals surface area contributed by atoms with Gasteiger partial charge in [0.05, 0.1) is 18.6 Å². The minimum atomic E-state index is -1.35. The van der Waals surface area contributed by atoms with Gasteiger partial charge in [-0.1, -0.05) is 60.1 Å². The number of hydrogen-bond donors (Lipinski definition) is 3. The third-order valence-electron chi connectivity index (χ3n) is 9.16. The van der Waals surface area contributed by atoms with E-state index in [0.29, 0.717) is 29.3 Å². The Morgan fingerprint density at radius 2 is 1.56 bits per heavy atom. The molecule has 1 amide bonds. The Hall–Kier alpha value is -5.49. The monoisotopic (exact) mass is 798 g/mol. The van der Waals surface area contributed by atoms with Crippen LogP contribution in [0.15, 0.2) is 103 Å². The molecule has 0 bridgehead atoms. The smallest absolute Gasteiger partial charge is 0.350 e. The number of aromatic nitrogens is 1. The van der Waals surface area contributed by atoms with Gasteiger partial charge in [0.25, 0.3) is 5.91 Å². The fourth-order valence-electron chi connectivity index (χ4n) is 6.37. The number of nitrogens with one attached hydrogen (secondary N) is 1.